The smallest absolute Gasteiger partial charge is 0.103 e. The minimum atomic E-state index is 0.00360. The molecule has 1 atom stereocenters. The number of aromatic nitrogens is 1. The van der Waals surface area contributed by atoms with E-state index < -0.39 is 0 Å². The van der Waals surface area contributed by atoms with Gasteiger partial charge in [0.2, 0.25) is 0 Å². The predicted octanol–water partition coefficient (Wildman–Crippen LogP) is 8.21. The molecule has 3 rings (SSSR count). The van der Waals surface area contributed by atoms with Crippen molar-refractivity contribution in [2.75, 3.05) is 0 Å². The van der Waals surface area contributed by atoms with Gasteiger partial charge in [0, 0.05) is 18.0 Å². The monoisotopic (exact) mass is 377 g/mol. The summed E-state index contributed by atoms with van der Waals surface area (Å²) >= 11 is 0. The zero-order chi connectivity index (χ0) is 20.4. The van der Waals surface area contributed by atoms with Crippen LogP contribution in [0.15, 0.2) is 78.8 Å². The van der Waals surface area contributed by atoms with Gasteiger partial charge in [0.15, 0.2) is 0 Å². The SMILES string of the molecule is C=CCCC.CCC=CCC1CC(F)=C(C)C=C1c1nccc2ccccc12. The Morgan fingerprint density at radius 2 is 1.96 bits per heavy atom. The van der Waals surface area contributed by atoms with Gasteiger partial charge in [-0.15, -0.1) is 6.58 Å². The Morgan fingerprint density at radius 1 is 1.18 bits per heavy atom. The predicted molar refractivity (Wildman–Crippen MR) is 121 cm³/mol. The van der Waals surface area contributed by atoms with Crippen molar-refractivity contribution in [3.05, 3.63) is 84.5 Å². The Kier molecular flexibility index (Phi) is 8.87. The summed E-state index contributed by atoms with van der Waals surface area (Å²) in [5.74, 6) is 0.156. The van der Waals surface area contributed by atoms with Gasteiger partial charge in [-0.1, -0.05) is 68.8 Å². The molecule has 0 N–H and O–H groups in total. The fourth-order valence-corrected chi connectivity index (χ4v) is 3.37. The molecule has 0 spiro atoms. The van der Waals surface area contributed by atoms with E-state index in [1.165, 1.54) is 11.8 Å². The van der Waals surface area contributed by atoms with Crippen LogP contribution in [0.5, 0.6) is 0 Å². The van der Waals surface area contributed by atoms with Gasteiger partial charge in [-0.05, 0) is 54.7 Å². The Labute approximate surface area is 169 Å². The summed E-state index contributed by atoms with van der Waals surface area (Å²) in [5, 5.41) is 2.31. The minimum Gasteiger partial charge on any atom is -0.256 e. The van der Waals surface area contributed by atoms with Gasteiger partial charge >= 0.3 is 0 Å². The standard InChI is InChI=1S/C21H22FN.C5H10/c1-3-4-5-9-17-14-20(22)15(2)13-19(17)21-18-10-7-6-8-16(18)11-12-23-21;1-3-5-4-2/h4-8,10-13,17H,3,9,14H2,1-2H3;3H,1,4-5H2,2H3. The largest absolute Gasteiger partial charge is 0.256 e. The van der Waals surface area contributed by atoms with Crippen molar-refractivity contribution in [2.24, 2.45) is 5.92 Å². The highest BCUT2D eigenvalue weighted by atomic mass is 19.1. The van der Waals surface area contributed by atoms with Crippen LogP contribution in [0.1, 0.15) is 58.6 Å². The van der Waals surface area contributed by atoms with Crippen molar-refractivity contribution in [3.63, 3.8) is 0 Å². The molecule has 2 heteroatoms. The summed E-state index contributed by atoms with van der Waals surface area (Å²) < 4.78 is 14.1. The van der Waals surface area contributed by atoms with Crippen molar-refractivity contribution >= 4 is 16.3 Å². The molecule has 0 saturated carbocycles. The van der Waals surface area contributed by atoms with E-state index in [1.807, 2.05) is 43.5 Å². The molecule has 0 amide bonds. The van der Waals surface area contributed by atoms with E-state index in [-0.39, 0.29) is 11.7 Å². The second-order valence-corrected chi connectivity index (χ2v) is 7.16. The van der Waals surface area contributed by atoms with Gasteiger partial charge in [0.25, 0.3) is 0 Å². The number of benzene rings is 1. The first-order valence-electron chi connectivity index (χ1n) is 10.3. The Morgan fingerprint density at radius 3 is 2.64 bits per heavy atom. The van der Waals surface area contributed by atoms with Crippen molar-refractivity contribution in [3.8, 4) is 0 Å². The van der Waals surface area contributed by atoms with Crippen LogP contribution < -0.4 is 0 Å². The van der Waals surface area contributed by atoms with E-state index in [0.29, 0.717) is 6.42 Å². The van der Waals surface area contributed by atoms with Crippen LogP contribution in [0.3, 0.4) is 0 Å². The van der Waals surface area contributed by atoms with Crippen molar-refractivity contribution in [1.29, 1.82) is 0 Å². The maximum atomic E-state index is 14.1. The average molecular weight is 378 g/mol. The maximum Gasteiger partial charge on any atom is 0.103 e. The molecule has 1 aromatic carbocycles. The van der Waals surface area contributed by atoms with E-state index in [1.54, 1.807) is 0 Å². The van der Waals surface area contributed by atoms with Crippen molar-refractivity contribution in [2.45, 2.75) is 52.9 Å². The van der Waals surface area contributed by atoms with Gasteiger partial charge in [0.1, 0.15) is 5.83 Å². The first-order chi connectivity index (χ1) is 13.6. The molecule has 0 fully saturated rings. The second-order valence-electron chi connectivity index (χ2n) is 7.16. The molecule has 0 aliphatic heterocycles. The van der Waals surface area contributed by atoms with E-state index in [4.69, 9.17) is 0 Å². The Balaban J connectivity index is 0.000000500. The van der Waals surface area contributed by atoms with Crippen LogP contribution >= 0.6 is 0 Å². The van der Waals surface area contributed by atoms with E-state index in [9.17, 15) is 4.39 Å². The highest BCUT2D eigenvalue weighted by molar-refractivity contribution is 5.93. The number of rotatable bonds is 6. The third-order valence-electron chi connectivity index (χ3n) is 4.93. The quantitative estimate of drug-likeness (QED) is 0.462. The van der Waals surface area contributed by atoms with Gasteiger partial charge in [0.05, 0.1) is 5.69 Å². The zero-order valence-corrected chi connectivity index (χ0v) is 17.4. The lowest BCUT2D eigenvalue weighted by atomic mass is 9.82. The molecule has 1 aromatic heterocycles. The molecule has 148 valence electrons. The summed E-state index contributed by atoms with van der Waals surface area (Å²) in [6.07, 6.45) is 14.8. The van der Waals surface area contributed by atoms with Crippen molar-refractivity contribution < 1.29 is 4.39 Å². The van der Waals surface area contributed by atoms with E-state index >= 15 is 0 Å². The van der Waals surface area contributed by atoms with Gasteiger partial charge in [-0.25, -0.2) is 4.39 Å². The van der Waals surface area contributed by atoms with E-state index in [0.717, 1.165) is 41.5 Å². The maximum absolute atomic E-state index is 14.1. The van der Waals surface area contributed by atoms with Crippen LogP contribution in [0.2, 0.25) is 0 Å². The van der Waals surface area contributed by atoms with Crippen LogP contribution in [0.4, 0.5) is 4.39 Å². The number of hydrogen-bond acceptors (Lipinski definition) is 1. The average Bonchev–Trinajstić information content (AvgIpc) is 2.71. The molecule has 0 radical (unpaired) electrons. The zero-order valence-electron chi connectivity index (χ0n) is 17.4. The summed E-state index contributed by atoms with van der Waals surface area (Å²) in [7, 11) is 0. The number of nitrogens with zero attached hydrogens (tertiary/aromatic N) is 1. The van der Waals surface area contributed by atoms with E-state index in [2.05, 4.69) is 49.7 Å². The lowest BCUT2D eigenvalue weighted by molar-refractivity contribution is 0.516. The summed E-state index contributed by atoms with van der Waals surface area (Å²) in [6, 6.07) is 10.3. The molecule has 0 saturated heterocycles. The minimum absolute atomic E-state index is 0.00360. The van der Waals surface area contributed by atoms with Crippen molar-refractivity contribution in [1.82, 2.24) is 4.98 Å². The third-order valence-corrected chi connectivity index (χ3v) is 4.93. The lowest BCUT2D eigenvalue weighted by Gasteiger charge is -2.24. The van der Waals surface area contributed by atoms with Gasteiger partial charge in [-0.2, -0.15) is 0 Å². The second kappa shape index (κ2) is 11.4. The molecule has 1 aliphatic carbocycles. The number of fused-ring (bicyclic) bond motifs is 1. The van der Waals surface area contributed by atoms with Crippen LogP contribution in [-0.4, -0.2) is 4.98 Å². The van der Waals surface area contributed by atoms with Gasteiger partial charge < -0.3 is 0 Å². The Hall–Kier alpha value is -2.48. The molecule has 1 heterocycles. The van der Waals surface area contributed by atoms with Crippen LogP contribution in [-0.2, 0) is 0 Å². The molecule has 0 bridgehead atoms. The number of unbranched alkanes of at least 4 members (excludes halogenated alkanes) is 1. The fraction of sp³-hybridized carbons (Fsp3) is 0.346. The van der Waals surface area contributed by atoms with Gasteiger partial charge in [-0.3, -0.25) is 4.98 Å². The summed E-state index contributed by atoms with van der Waals surface area (Å²) in [5.41, 5.74) is 2.87. The van der Waals surface area contributed by atoms with Crippen LogP contribution in [0, 0.1) is 5.92 Å². The highest BCUT2D eigenvalue weighted by Crippen LogP contribution is 2.39. The highest BCUT2D eigenvalue weighted by Gasteiger charge is 2.24. The fourth-order valence-electron chi connectivity index (χ4n) is 3.37. The molecule has 1 aliphatic rings. The molecule has 2 aromatic rings. The molecular formula is C26H32FN. The number of halogens is 1. The Bertz CT molecular complexity index is 868. The first kappa shape index (κ1) is 21.8. The molecule has 1 unspecified atom stereocenters. The molecule has 1 nitrogen and oxygen atoms in total. The number of allylic oxidation sites excluding steroid dienone is 7. The topological polar surface area (TPSA) is 12.9 Å². The lowest BCUT2D eigenvalue weighted by Crippen LogP contribution is -2.10. The molecule has 28 heavy (non-hydrogen) atoms. The normalized spacial score (nSPS) is 16.7. The first-order valence-corrected chi connectivity index (χ1v) is 10.3. The molecular weight excluding hydrogens is 345 g/mol. The van der Waals surface area contributed by atoms with Crippen LogP contribution in [0.25, 0.3) is 16.3 Å². The summed E-state index contributed by atoms with van der Waals surface area (Å²) in [4.78, 5) is 4.63. The number of pyridine rings is 1. The third kappa shape index (κ3) is 5.76. The summed E-state index contributed by atoms with van der Waals surface area (Å²) in [6.45, 7) is 9.65. The number of hydrogen-bond donors (Lipinski definition) is 0.